The minimum atomic E-state index is 0.898. The van der Waals surface area contributed by atoms with Crippen molar-refractivity contribution in [1.29, 1.82) is 0 Å². The Labute approximate surface area is 120 Å². The van der Waals surface area contributed by atoms with Gasteiger partial charge in [-0.3, -0.25) is 0 Å². The molecule has 0 aliphatic heterocycles. The number of imidazole rings is 1. The van der Waals surface area contributed by atoms with Crippen molar-refractivity contribution in [3.8, 4) is 10.6 Å². The SMILES string of the molecule is CCc1ccc2ncc(-c3cc4ccccc4s3)n2n1. The first-order valence-corrected chi connectivity index (χ1v) is 7.49. The fourth-order valence-electron chi connectivity index (χ4n) is 2.38. The zero-order valence-corrected chi connectivity index (χ0v) is 11.9. The van der Waals surface area contributed by atoms with E-state index in [1.54, 1.807) is 11.3 Å². The van der Waals surface area contributed by atoms with Gasteiger partial charge < -0.3 is 0 Å². The van der Waals surface area contributed by atoms with E-state index in [0.717, 1.165) is 23.5 Å². The molecular formula is C16H13N3S. The van der Waals surface area contributed by atoms with E-state index in [1.165, 1.54) is 15.0 Å². The summed E-state index contributed by atoms with van der Waals surface area (Å²) in [6.07, 6.45) is 2.84. The maximum atomic E-state index is 4.66. The molecule has 0 saturated carbocycles. The molecule has 3 heterocycles. The van der Waals surface area contributed by atoms with E-state index in [1.807, 2.05) is 22.8 Å². The van der Waals surface area contributed by atoms with Crippen LogP contribution in [0.25, 0.3) is 26.3 Å². The maximum Gasteiger partial charge on any atom is 0.154 e. The molecule has 0 fully saturated rings. The highest BCUT2D eigenvalue weighted by Crippen LogP contribution is 2.33. The van der Waals surface area contributed by atoms with Crippen molar-refractivity contribution in [2.45, 2.75) is 13.3 Å². The lowest BCUT2D eigenvalue weighted by atomic mass is 10.2. The van der Waals surface area contributed by atoms with Gasteiger partial charge in [0.1, 0.15) is 5.69 Å². The summed E-state index contributed by atoms with van der Waals surface area (Å²) in [5.41, 5.74) is 3.05. The fraction of sp³-hybridized carbons (Fsp3) is 0.125. The molecule has 3 aromatic heterocycles. The van der Waals surface area contributed by atoms with Crippen molar-refractivity contribution in [1.82, 2.24) is 14.6 Å². The van der Waals surface area contributed by atoms with Crippen LogP contribution in [-0.2, 0) is 6.42 Å². The first kappa shape index (κ1) is 11.6. The van der Waals surface area contributed by atoms with E-state index >= 15 is 0 Å². The van der Waals surface area contributed by atoms with Gasteiger partial charge in [-0.2, -0.15) is 5.10 Å². The second-order valence-electron chi connectivity index (χ2n) is 4.74. The third-order valence-electron chi connectivity index (χ3n) is 3.46. The molecule has 0 aliphatic rings. The molecule has 1 aromatic carbocycles. The van der Waals surface area contributed by atoms with Crippen molar-refractivity contribution in [2.24, 2.45) is 0 Å². The second kappa shape index (κ2) is 4.42. The molecule has 4 heteroatoms. The molecule has 0 unspecified atom stereocenters. The average molecular weight is 279 g/mol. The third-order valence-corrected chi connectivity index (χ3v) is 4.60. The van der Waals surface area contributed by atoms with Crippen molar-refractivity contribution in [3.05, 3.63) is 54.4 Å². The molecule has 0 spiro atoms. The van der Waals surface area contributed by atoms with Crippen LogP contribution in [0.5, 0.6) is 0 Å². The fourth-order valence-corrected chi connectivity index (χ4v) is 3.43. The van der Waals surface area contributed by atoms with Crippen molar-refractivity contribution >= 4 is 27.1 Å². The van der Waals surface area contributed by atoms with E-state index in [0.29, 0.717) is 0 Å². The highest BCUT2D eigenvalue weighted by atomic mass is 32.1. The Kier molecular flexibility index (Phi) is 2.57. The van der Waals surface area contributed by atoms with Gasteiger partial charge in [0.2, 0.25) is 0 Å². The predicted molar refractivity (Wildman–Crippen MR) is 83.2 cm³/mol. The second-order valence-corrected chi connectivity index (χ2v) is 5.82. The molecule has 0 aliphatic carbocycles. The zero-order chi connectivity index (χ0) is 13.5. The Hall–Kier alpha value is -2.20. The minimum Gasteiger partial charge on any atom is -0.235 e. The van der Waals surface area contributed by atoms with E-state index in [9.17, 15) is 0 Å². The predicted octanol–water partition coefficient (Wildman–Crippen LogP) is 4.17. The van der Waals surface area contributed by atoms with Gasteiger partial charge in [0.25, 0.3) is 0 Å². The van der Waals surface area contributed by atoms with Crippen LogP contribution in [0.2, 0.25) is 0 Å². The lowest BCUT2D eigenvalue weighted by Gasteiger charge is -2.00. The van der Waals surface area contributed by atoms with E-state index in [-0.39, 0.29) is 0 Å². The summed E-state index contributed by atoms with van der Waals surface area (Å²) in [5.74, 6) is 0. The van der Waals surface area contributed by atoms with Gasteiger partial charge in [0, 0.05) is 4.70 Å². The van der Waals surface area contributed by atoms with Crippen LogP contribution in [0.15, 0.2) is 48.7 Å². The highest BCUT2D eigenvalue weighted by Gasteiger charge is 2.10. The van der Waals surface area contributed by atoms with E-state index in [2.05, 4.69) is 47.3 Å². The molecule has 0 radical (unpaired) electrons. The minimum absolute atomic E-state index is 0.898. The molecule has 4 aromatic rings. The number of fused-ring (bicyclic) bond motifs is 2. The summed E-state index contributed by atoms with van der Waals surface area (Å²) in [4.78, 5) is 5.66. The summed E-state index contributed by atoms with van der Waals surface area (Å²) in [5, 5.41) is 5.93. The van der Waals surface area contributed by atoms with Crippen LogP contribution in [0.3, 0.4) is 0 Å². The number of hydrogen-bond acceptors (Lipinski definition) is 3. The topological polar surface area (TPSA) is 30.2 Å². The first-order chi connectivity index (χ1) is 9.85. The molecule has 0 atom stereocenters. The van der Waals surface area contributed by atoms with Crippen molar-refractivity contribution < 1.29 is 0 Å². The maximum absolute atomic E-state index is 4.66. The van der Waals surface area contributed by atoms with Crippen LogP contribution < -0.4 is 0 Å². The van der Waals surface area contributed by atoms with Crippen molar-refractivity contribution in [3.63, 3.8) is 0 Å². The quantitative estimate of drug-likeness (QED) is 0.551. The van der Waals surface area contributed by atoms with Crippen LogP contribution in [0.1, 0.15) is 12.6 Å². The van der Waals surface area contributed by atoms with E-state index in [4.69, 9.17) is 0 Å². The zero-order valence-electron chi connectivity index (χ0n) is 11.1. The Balaban J connectivity index is 1.96. The standard InChI is InChI=1S/C16H13N3S/c1-2-12-7-8-16-17-10-13(19(16)18-12)15-9-11-5-3-4-6-14(11)20-15/h3-10H,2H2,1H3. The normalized spacial score (nSPS) is 11.4. The Morgan fingerprint density at radius 1 is 1.15 bits per heavy atom. The lowest BCUT2D eigenvalue weighted by molar-refractivity contribution is 0.868. The molecule has 0 amide bonds. The number of thiophene rings is 1. The Morgan fingerprint density at radius 2 is 2.05 bits per heavy atom. The number of aromatic nitrogens is 3. The number of rotatable bonds is 2. The van der Waals surface area contributed by atoms with Crippen LogP contribution in [0, 0.1) is 0 Å². The van der Waals surface area contributed by atoms with Gasteiger partial charge in [-0.05, 0) is 36.1 Å². The molecule has 0 saturated heterocycles. The molecule has 98 valence electrons. The molecule has 0 N–H and O–H groups in total. The van der Waals surface area contributed by atoms with Gasteiger partial charge in [-0.25, -0.2) is 9.50 Å². The summed E-state index contributed by atoms with van der Waals surface area (Å²) < 4.78 is 3.24. The molecule has 4 rings (SSSR count). The largest absolute Gasteiger partial charge is 0.235 e. The Morgan fingerprint density at radius 3 is 2.90 bits per heavy atom. The number of aryl methyl sites for hydroxylation is 1. The summed E-state index contributed by atoms with van der Waals surface area (Å²) in [6.45, 7) is 2.12. The third kappa shape index (κ3) is 1.72. The molecule has 3 nitrogen and oxygen atoms in total. The molecular weight excluding hydrogens is 266 g/mol. The summed E-state index contributed by atoms with van der Waals surface area (Å²) in [7, 11) is 0. The summed E-state index contributed by atoms with van der Waals surface area (Å²) >= 11 is 1.78. The molecule has 20 heavy (non-hydrogen) atoms. The Bertz CT molecular complexity index is 871. The van der Waals surface area contributed by atoms with Crippen molar-refractivity contribution in [2.75, 3.05) is 0 Å². The van der Waals surface area contributed by atoms with Gasteiger partial charge in [-0.15, -0.1) is 11.3 Å². The first-order valence-electron chi connectivity index (χ1n) is 6.68. The van der Waals surface area contributed by atoms with Crippen LogP contribution in [0.4, 0.5) is 0 Å². The van der Waals surface area contributed by atoms with Crippen LogP contribution >= 0.6 is 11.3 Å². The smallest absolute Gasteiger partial charge is 0.154 e. The molecule has 0 bridgehead atoms. The van der Waals surface area contributed by atoms with Gasteiger partial charge in [0.15, 0.2) is 5.65 Å². The lowest BCUT2D eigenvalue weighted by Crippen LogP contribution is -1.97. The van der Waals surface area contributed by atoms with Gasteiger partial charge in [-0.1, -0.05) is 25.1 Å². The highest BCUT2D eigenvalue weighted by molar-refractivity contribution is 7.22. The van der Waals surface area contributed by atoms with Gasteiger partial charge in [0.05, 0.1) is 16.8 Å². The summed E-state index contributed by atoms with van der Waals surface area (Å²) in [6, 6.07) is 14.7. The number of benzene rings is 1. The average Bonchev–Trinajstić information content (AvgIpc) is 3.09. The van der Waals surface area contributed by atoms with Gasteiger partial charge >= 0.3 is 0 Å². The number of hydrogen-bond donors (Lipinski definition) is 0. The van der Waals surface area contributed by atoms with Crippen LogP contribution in [-0.4, -0.2) is 14.6 Å². The monoisotopic (exact) mass is 279 g/mol. The number of nitrogens with zero attached hydrogens (tertiary/aromatic N) is 3. The van der Waals surface area contributed by atoms with E-state index < -0.39 is 0 Å².